The van der Waals surface area contributed by atoms with Gasteiger partial charge in [0, 0.05) is 38.6 Å². The molecule has 4 rings (SSSR count). The van der Waals surface area contributed by atoms with Gasteiger partial charge in [-0.05, 0) is 49.4 Å². The summed E-state index contributed by atoms with van der Waals surface area (Å²) in [6.07, 6.45) is 5.68. The summed E-state index contributed by atoms with van der Waals surface area (Å²) in [5.74, 6) is 2.20. The number of pyridine rings is 1. The molecule has 0 unspecified atom stereocenters. The highest BCUT2D eigenvalue weighted by Gasteiger charge is 2.27. The van der Waals surface area contributed by atoms with E-state index in [4.69, 9.17) is 9.15 Å². The number of aromatic nitrogens is 1. The summed E-state index contributed by atoms with van der Waals surface area (Å²) in [5.41, 5.74) is 2.03. The van der Waals surface area contributed by atoms with Crippen LogP contribution in [0.3, 0.4) is 0 Å². The monoisotopic (exact) mass is 369 g/mol. The largest absolute Gasteiger partial charge is 0.464 e. The zero-order valence-corrected chi connectivity index (χ0v) is 15.9. The van der Waals surface area contributed by atoms with Crippen molar-refractivity contribution in [2.45, 2.75) is 32.2 Å². The number of furan rings is 1. The van der Waals surface area contributed by atoms with Gasteiger partial charge >= 0.3 is 0 Å². The van der Waals surface area contributed by atoms with Crippen LogP contribution in [0, 0.1) is 6.92 Å². The van der Waals surface area contributed by atoms with Gasteiger partial charge in [0.2, 0.25) is 0 Å². The van der Waals surface area contributed by atoms with E-state index in [0.29, 0.717) is 11.5 Å². The van der Waals surface area contributed by atoms with Crippen LogP contribution >= 0.6 is 0 Å². The average molecular weight is 369 g/mol. The molecule has 6 heteroatoms. The van der Waals surface area contributed by atoms with Crippen LogP contribution in [-0.2, 0) is 11.3 Å². The molecule has 1 amide bonds. The Balaban J connectivity index is 1.37. The summed E-state index contributed by atoms with van der Waals surface area (Å²) in [6.45, 7) is 7.54. The Kier molecular flexibility index (Phi) is 5.55. The molecule has 2 aromatic heterocycles. The third-order valence-electron chi connectivity index (χ3n) is 5.64. The average Bonchev–Trinajstić information content (AvgIpc) is 3.09. The predicted octanol–water partition coefficient (Wildman–Crippen LogP) is 2.84. The molecule has 2 fully saturated rings. The highest BCUT2D eigenvalue weighted by Crippen LogP contribution is 2.29. The van der Waals surface area contributed by atoms with Crippen LogP contribution in [0.2, 0.25) is 0 Å². The number of morpholine rings is 1. The number of ether oxygens (including phenoxy) is 1. The first-order valence-electron chi connectivity index (χ1n) is 9.79. The van der Waals surface area contributed by atoms with Crippen molar-refractivity contribution in [2.24, 2.45) is 0 Å². The molecule has 144 valence electrons. The molecule has 0 atom stereocenters. The first-order valence-corrected chi connectivity index (χ1v) is 9.79. The number of piperidine rings is 1. The van der Waals surface area contributed by atoms with E-state index >= 15 is 0 Å². The standard InChI is InChI=1S/C21H27N3O3/c1-16-20(14-19(27-16)15-23-10-12-26-13-11-23)21(25)24-8-4-18(5-9-24)17-2-6-22-7-3-17/h2-3,6-7,14,18H,4-5,8-13,15H2,1H3. The normalized spacial score (nSPS) is 19.4. The van der Waals surface area contributed by atoms with E-state index < -0.39 is 0 Å². The van der Waals surface area contributed by atoms with Crippen molar-refractivity contribution >= 4 is 5.91 Å². The van der Waals surface area contributed by atoms with E-state index in [0.717, 1.165) is 70.3 Å². The van der Waals surface area contributed by atoms with Crippen molar-refractivity contribution in [2.75, 3.05) is 39.4 Å². The minimum atomic E-state index is 0.0951. The van der Waals surface area contributed by atoms with Crippen LogP contribution in [-0.4, -0.2) is 60.1 Å². The van der Waals surface area contributed by atoms with E-state index in [2.05, 4.69) is 22.0 Å². The summed E-state index contributed by atoms with van der Waals surface area (Å²) in [5, 5.41) is 0. The van der Waals surface area contributed by atoms with Crippen molar-refractivity contribution in [3.05, 3.63) is 53.2 Å². The zero-order chi connectivity index (χ0) is 18.6. The van der Waals surface area contributed by atoms with Crippen LogP contribution in [0.4, 0.5) is 0 Å². The molecule has 0 N–H and O–H groups in total. The molecule has 0 radical (unpaired) electrons. The van der Waals surface area contributed by atoms with Gasteiger partial charge in [-0.1, -0.05) is 0 Å². The van der Waals surface area contributed by atoms with Crippen LogP contribution in [0.25, 0.3) is 0 Å². The summed E-state index contributed by atoms with van der Waals surface area (Å²) < 4.78 is 11.3. The molecule has 0 bridgehead atoms. The number of aryl methyl sites for hydroxylation is 1. The summed E-state index contributed by atoms with van der Waals surface area (Å²) >= 11 is 0. The molecule has 0 aliphatic carbocycles. The number of hydrogen-bond donors (Lipinski definition) is 0. The molecular formula is C21H27N3O3. The van der Waals surface area contributed by atoms with Gasteiger partial charge in [-0.2, -0.15) is 0 Å². The third-order valence-corrected chi connectivity index (χ3v) is 5.64. The maximum Gasteiger partial charge on any atom is 0.257 e. The molecule has 2 aliphatic heterocycles. The number of carbonyl (C=O) groups is 1. The second-order valence-corrected chi connectivity index (χ2v) is 7.42. The number of hydrogen-bond acceptors (Lipinski definition) is 5. The number of rotatable bonds is 4. The number of amides is 1. The minimum Gasteiger partial charge on any atom is -0.464 e. The van der Waals surface area contributed by atoms with E-state index in [1.165, 1.54) is 5.56 Å². The van der Waals surface area contributed by atoms with Crippen molar-refractivity contribution in [3.8, 4) is 0 Å². The van der Waals surface area contributed by atoms with Crippen molar-refractivity contribution in [3.63, 3.8) is 0 Å². The molecule has 4 heterocycles. The third kappa shape index (κ3) is 4.22. The summed E-state index contributed by atoms with van der Waals surface area (Å²) in [7, 11) is 0. The fourth-order valence-corrected chi connectivity index (χ4v) is 4.04. The molecule has 0 saturated carbocycles. The molecule has 27 heavy (non-hydrogen) atoms. The SMILES string of the molecule is Cc1oc(CN2CCOCC2)cc1C(=O)N1CCC(c2ccncc2)CC1. The van der Waals surface area contributed by atoms with Crippen LogP contribution in [0.1, 0.15) is 46.2 Å². The second kappa shape index (κ2) is 8.23. The van der Waals surface area contributed by atoms with Gasteiger partial charge < -0.3 is 14.1 Å². The molecule has 0 spiro atoms. The molecular weight excluding hydrogens is 342 g/mol. The number of nitrogens with zero attached hydrogens (tertiary/aromatic N) is 3. The van der Waals surface area contributed by atoms with E-state index in [-0.39, 0.29) is 5.91 Å². The molecule has 2 saturated heterocycles. The topological polar surface area (TPSA) is 58.8 Å². The van der Waals surface area contributed by atoms with Crippen LogP contribution in [0.5, 0.6) is 0 Å². The first kappa shape index (κ1) is 18.2. The van der Waals surface area contributed by atoms with Gasteiger partial charge in [0.25, 0.3) is 5.91 Å². The highest BCUT2D eigenvalue weighted by molar-refractivity contribution is 5.95. The fourth-order valence-electron chi connectivity index (χ4n) is 4.04. The minimum absolute atomic E-state index is 0.0951. The van der Waals surface area contributed by atoms with Gasteiger partial charge in [-0.25, -0.2) is 0 Å². The maximum absolute atomic E-state index is 13.0. The van der Waals surface area contributed by atoms with Gasteiger partial charge in [0.1, 0.15) is 11.5 Å². The second-order valence-electron chi connectivity index (χ2n) is 7.42. The summed E-state index contributed by atoms with van der Waals surface area (Å²) in [4.78, 5) is 21.4. The fraction of sp³-hybridized carbons (Fsp3) is 0.524. The van der Waals surface area contributed by atoms with Crippen molar-refractivity contribution < 1.29 is 13.9 Å². The lowest BCUT2D eigenvalue weighted by Crippen LogP contribution is -2.38. The quantitative estimate of drug-likeness (QED) is 0.829. The maximum atomic E-state index is 13.0. The Bertz CT molecular complexity index is 760. The van der Waals surface area contributed by atoms with E-state index in [1.54, 1.807) is 0 Å². The van der Waals surface area contributed by atoms with Gasteiger partial charge in [0.15, 0.2) is 0 Å². The Labute approximate surface area is 160 Å². The van der Waals surface area contributed by atoms with Crippen molar-refractivity contribution in [1.82, 2.24) is 14.8 Å². The zero-order valence-electron chi connectivity index (χ0n) is 15.9. The molecule has 2 aliphatic rings. The van der Waals surface area contributed by atoms with E-state index in [9.17, 15) is 4.79 Å². The lowest BCUT2D eigenvalue weighted by molar-refractivity contribution is 0.0312. The lowest BCUT2D eigenvalue weighted by Gasteiger charge is -2.32. The number of likely N-dealkylation sites (tertiary alicyclic amines) is 1. The van der Waals surface area contributed by atoms with Gasteiger partial charge in [0.05, 0.1) is 25.3 Å². The highest BCUT2D eigenvalue weighted by atomic mass is 16.5. The first-order chi connectivity index (χ1) is 13.2. The Morgan fingerprint density at radius 3 is 2.56 bits per heavy atom. The van der Waals surface area contributed by atoms with Gasteiger partial charge in [-0.3, -0.25) is 14.7 Å². The molecule has 0 aromatic carbocycles. The summed E-state index contributed by atoms with van der Waals surface area (Å²) in [6, 6.07) is 6.10. The van der Waals surface area contributed by atoms with Gasteiger partial charge in [-0.15, -0.1) is 0 Å². The van der Waals surface area contributed by atoms with E-state index in [1.807, 2.05) is 30.3 Å². The molecule has 6 nitrogen and oxygen atoms in total. The van der Waals surface area contributed by atoms with Crippen LogP contribution in [0.15, 0.2) is 35.0 Å². The van der Waals surface area contributed by atoms with Crippen LogP contribution < -0.4 is 0 Å². The van der Waals surface area contributed by atoms with Crippen molar-refractivity contribution in [1.29, 1.82) is 0 Å². The Hall–Kier alpha value is -2.18. The molecule has 2 aromatic rings. The Morgan fingerprint density at radius 1 is 1.15 bits per heavy atom. The lowest BCUT2D eigenvalue weighted by atomic mass is 9.90. The predicted molar refractivity (Wildman–Crippen MR) is 102 cm³/mol. The Morgan fingerprint density at radius 2 is 1.85 bits per heavy atom. The number of carbonyl (C=O) groups excluding carboxylic acids is 1. The smallest absolute Gasteiger partial charge is 0.257 e.